The van der Waals surface area contributed by atoms with Crippen LogP contribution in [-0.4, -0.2) is 151 Å². The van der Waals surface area contributed by atoms with Crippen molar-refractivity contribution in [3.05, 3.63) is 47.5 Å². The minimum Gasteiger partial charge on any atom is -0.378 e. The molecule has 1 aliphatic rings. The molecule has 54 heavy (non-hydrogen) atoms. The normalized spacial score (nSPS) is 13.2. The third-order valence-corrected chi connectivity index (χ3v) is 8.35. The second-order valence-electron chi connectivity index (χ2n) is 12.2. The van der Waals surface area contributed by atoms with Gasteiger partial charge in [0, 0.05) is 80.9 Å². The van der Waals surface area contributed by atoms with Gasteiger partial charge in [-0.3, -0.25) is 20.4 Å². The fourth-order valence-electron chi connectivity index (χ4n) is 5.47. The molecule has 2 heterocycles. The number of fused-ring (bicyclic) bond motifs is 1. The van der Waals surface area contributed by atoms with Gasteiger partial charge in [0.15, 0.2) is 5.96 Å². The van der Waals surface area contributed by atoms with Crippen molar-refractivity contribution in [2.24, 2.45) is 5.73 Å². The molecular weight excluding hydrogens is 720 g/mol. The standard InChI is InChI=1S/C36H53ClN10O7/c1-27(48)40-7-15-50-19-20-51-16-8-41-36(49)42-9-17-52-21-23-54-24-22-53-18-14-46-10-12-47(13-11-46)30-4-2-3-28(25-30)33-31-26-29(37)5-6-32(31)43-35(44-33)45-34(38)39/h2-6,25-26H,7-24H2,1H3,(H,40,48)(H2,41,42,49)(H4,38,39,43,44,45). The molecule has 3 aromatic rings. The molecule has 0 atom stereocenters. The molecule has 0 spiro atoms. The maximum absolute atomic E-state index is 11.8. The van der Waals surface area contributed by atoms with E-state index in [0.29, 0.717) is 102 Å². The summed E-state index contributed by atoms with van der Waals surface area (Å²) in [5, 5.41) is 19.8. The van der Waals surface area contributed by atoms with Gasteiger partial charge >= 0.3 is 6.03 Å². The van der Waals surface area contributed by atoms with Crippen molar-refractivity contribution in [2.45, 2.75) is 6.92 Å². The Morgan fingerprint density at radius 2 is 1.37 bits per heavy atom. The zero-order valence-corrected chi connectivity index (χ0v) is 31.6. The highest BCUT2D eigenvalue weighted by atomic mass is 35.5. The zero-order valence-electron chi connectivity index (χ0n) is 30.9. The molecule has 1 saturated heterocycles. The molecule has 0 saturated carbocycles. The molecule has 2 aromatic carbocycles. The number of guanidine groups is 1. The van der Waals surface area contributed by atoms with Crippen LogP contribution in [-0.2, 0) is 28.5 Å². The Balaban J connectivity index is 0.994. The van der Waals surface area contributed by atoms with Crippen molar-refractivity contribution in [2.75, 3.05) is 129 Å². The quantitative estimate of drug-likeness (QED) is 0.0437. The minimum absolute atomic E-state index is 0.0862. The number of anilines is 2. The lowest BCUT2D eigenvalue weighted by Gasteiger charge is -2.36. The average molecular weight is 773 g/mol. The van der Waals surface area contributed by atoms with E-state index in [1.807, 2.05) is 24.3 Å². The van der Waals surface area contributed by atoms with Crippen LogP contribution in [0.5, 0.6) is 0 Å². The number of amides is 3. The van der Waals surface area contributed by atoms with Crippen LogP contribution in [0.3, 0.4) is 0 Å². The molecule has 17 nitrogen and oxygen atoms in total. The summed E-state index contributed by atoms with van der Waals surface area (Å²) in [6.45, 7) is 11.7. The topological polar surface area (TPSA) is 211 Å². The van der Waals surface area contributed by atoms with E-state index < -0.39 is 0 Å². The van der Waals surface area contributed by atoms with Gasteiger partial charge < -0.3 is 50.3 Å². The number of carbonyl (C=O) groups is 2. The number of rotatable bonds is 24. The molecule has 18 heteroatoms. The van der Waals surface area contributed by atoms with Crippen molar-refractivity contribution in [1.29, 1.82) is 5.41 Å². The van der Waals surface area contributed by atoms with Crippen LogP contribution in [0.25, 0.3) is 22.2 Å². The molecule has 0 unspecified atom stereocenters. The van der Waals surface area contributed by atoms with Crippen LogP contribution in [0.2, 0.25) is 5.02 Å². The first-order chi connectivity index (χ1) is 26.3. The van der Waals surface area contributed by atoms with Gasteiger partial charge in [0.1, 0.15) is 0 Å². The maximum Gasteiger partial charge on any atom is 0.314 e. The first-order valence-electron chi connectivity index (χ1n) is 18.1. The first kappa shape index (κ1) is 42.4. The smallest absolute Gasteiger partial charge is 0.314 e. The maximum atomic E-state index is 11.8. The molecule has 4 rings (SSSR count). The van der Waals surface area contributed by atoms with Gasteiger partial charge in [-0.25, -0.2) is 14.8 Å². The third-order valence-electron chi connectivity index (χ3n) is 8.11. The molecule has 1 aromatic heterocycles. The van der Waals surface area contributed by atoms with Crippen LogP contribution in [0.4, 0.5) is 16.4 Å². The fourth-order valence-corrected chi connectivity index (χ4v) is 5.64. The summed E-state index contributed by atoms with van der Waals surface area (Å²) in [5.74, 6) is -0.0608. The van der Waals surface area contributed by atoms with E-state index >= 15 is 0 Å². The van der Waals surface area contributed by atoms with Crippen molar-refractivity contribution in [1.82, 2.24) is 30.8 Å². The van der Waals surface area contributed by atoms with Crippen LogP contribution in [0, 0.1) is 5.41 Å². The number of ether oxygens (including phenoxy) is 5. The Morgan fingerprint density at radius 1 is 0.778 bits per heavy atom. The number of urea groups is 1. The number of carbonyl (C=O) groups excluding carboxylic acids is 2. The molecule has 1 aliphatic heterocycles. The Hall–Kier alpha value is -4.36. The highest BCUT2D eigenvalue weighted by molar-refractivity contribution is 6.31. The second kappa shape index (κ2) is 24.1. The minimum atomic E-state index is -0.283. The highest BCUT2D eigenvalue weighted by Gasteiger charge is 2.18. The number of piperazine rings is 1. The molecule has 0 aliphatic carbocycles. The molecule has 1 fully saturated rings. The van der Waals surface area contributed by atoms with Gasteiger partial charge in [-0.2, -0.15) is 0 Å². The van der Waals surface area contributed by atoms with E-state index in [1.54, 1.807) is 6.07 Å². The summed E-state index contributed by atoms with van der Waals surface area (Å²) in [5.41, 5.74) is 9.00. The van der Waals surface area contributed by atoms with Crippen molar-refractivity contribution < 1.29 is 33.3 Å². The highest BCUT2D eigenvalue weighted by Crippen LogP contribution is 2.32. The lowest BCUT2D eigenvalue weighted by Crippen LogP contribution is -2.47. The monoisotopic (exact) mass is 772 g/mol. The van der Waals surface area contributed by atoms with Gasteiger partial charge in [0.25, 0.3) is 0 Å². The number of nitrogens with two attached hydrogens (primary N) is 1. The Labute approximate surface area is 321 Å². The number of nitrogens with one attached hydrogen (secondary N) is 5. The molecule has 296 valence electrons. The summed E-state index contributed by atoms with van der Waals surface area (Å²) in [6, 6.07) is 13.4. The number of hydrogen-bond donors (Lipinski definition) is 6. The third kappa shape index (κ3) is 15.9. The Kier molecular flexibility index (Phi) is 18.9. The van der Waals surface area contributed by atoms with Crippen molar-refractivity contribution >= 4 is 52.0 Å². The van der Waals surface area contributed by atoms with E-state index in [9.17, 15) is 9.59 Å². The predicted molar refractivity (Wildman–Crippen MR) is 208 cm³/mol. The number of nitrogens with zero attached hydrogens (tertiary/aromatic N) is 4. The van der Waals surface area contributed by atoms with Gasteiger partial charge in [-0.1, -0.05) is 23.7 Å². The van der Waals surface area contributed by atoms with E-state index in [1.165, 1.54) is 6.92 Å². The zero-order chi connectivity index (χ0) is 38.4. The van der Waals surface area contributed by atoms with Crippen molar-refractivity contribution in [3.63, 3.8) is 0 Å². The van der Waals surface area contributed by atoms with Crippen LogP contribution in [0.15, 0.2) is 42.5 Å². The summed E-state index contributed by atoms with van der Waals surface area (Å²) in [4.78, 5) is 36.5. The summed E-state index contributed by atoms with van der Waals surface area (Å²) in [7, 11) is 0. The van der Waals surface area contributed by atoms with E-state index in [2.05, 4.69) is 53.2 Å². The Morgan fingerprint density at radius 3 is 1.98 bits per heavy atom. The second-order valence-corrected chi connectivity index (χ2v) is 12.6. The Bertz CT molecular complexity index is 1610. The summed E-state index contributed by atoms with van der Waals surface area (Å²) < 4.78 is 27.6. The van der Waals surface area contributed by atoms with Gasteiger partial charge in [-0.15, -0.1) is 0 Å². The SMILES string of the molecule is CC(=O)NCCOCCOCCNC(=O)NCCOCCOCCOCCN1CCN(c2cccc(-c3nc(NC(=N)N)nc4ccc(Cl)cc34)c2)CC1. The molecule has 0 radical (unpaired) electrons. The molecule has 3 amide bonds. The lowest BCUT2D eigenvalue weighted by molar-refractivity contribution is -0.119. The first-order valence-corrected chi connectivity index (χ1v) is 18.5. The van der Waals surface area contributed by atoms with E-state index in [0.717, 1.165) is 49.4 Å². The fraction of sp³-hybridized carbons (Fsp3) is 0.528. The number of halogens is 1. The van der Waals surface area contributed by atoms with Crippen LogP contribution >= 0.6 is 11.6 Å². The van der Waals surface area contributed by atoms with E-state index in [-0.39, 0.29) is 23.8 Å². The number of aromatic nitrogens is 2. The largest absolute Gasteiger partial charge is 0.378 e. The summed E-state index contributed by atoms with van der Waals surface area (Å²) in [6.07, 6.45) is 0. The number of hydrogen-bond acceptors (Lipinski definition) is 12. The number of benzene rings is 2. The summed E-state index contributed by atoms with van der Waals surface area (Å²) >= 11 is 6.32. The van der Waals surface area contributed by atoms with E-state index in [4.69, 9.17) is 46.4 Å². The van der Waals surface area contributed by atoms with Gasteiger partial charge in [0.2, 0.25) is 11.9 Å². The lowest BCUT2D eigenvalue weighted by atomic mass is 10.1. The average Bonchev–Trinajstić information content (AvgIpc) is 3.15. The predicted octanol–water partition coefficient (Wildman–Crippen LogP) is 1.90. The van der Waals surface area contributed by atoms with Crippen LogP contribution < -0.4 is 31.9 Å². The molecule has 0 bridgehead atoms. The van der Waals surface area contributed by atoms with Crippen LogP contribution in [0.1, 0.15) is 6.92 Å². The molecular formula is C36H53ClN10O7. The van der Waals surface area contributed by atoms with Gasteiger partial charge in [-0.05, 0) is 30.3 Å². The molecule has 7 N–H and O–H groups in total. The van der Waals surface area contributed by atoms with Gasteiger partial charge in [0.05, 0.1) is 77.3 Å². The van der Waals surface area contributed by atoms with Crippen molar-refractivity contribution in [3.8, 4) is 11.3 Å².